The van der Waals surface area contributed by atoms with Gasteiger partial charge in [-0.25, -0.2) is 0 Å². The van der Waals surface area contributed by atoms with Crippen molar-refractivity contribution in [2.24, 2.45) is 5.41 Å². The first kappa shape index (κ1) is 23.8. The third-order valence-electron chi connectivity index (χ3n) is 4.34. The van der Waals surface area contributed by atoms with Crippen molar-refractivity contribution in [1.82, 2.24) is 0 Å². The Morgan fingerprint density at radius 3 is 2.39 bits per heavy atom. The second-order valence-corrected chi connectivity index (χ2v) is 8.14. The highest BCUT2D eigenvalue weighted by Crippen LogP contribution is 2.40. The van der Waals surface area contributed by atoms with Crippen molar-refractivity contribution in [2.75, 3.05) is 6.61 Å². The highest BCUT2D eigenvalue weighted by atomic mass is 35.5. The van der Waals surface area contributed by atoms with Gasteiger partial charge < -0.3 is 14.9 Å². The average Bonchev–Trinajstić information content (AvgIpc) is 2.62. The lowest BCUT2D eigenvalue weighted by Crippen LogP contribution is -2.22. The largest absolute Gasteiger partial charge is 0.507 e. The van der Waals surface area contributed by atoms with Crippen molar-refractivity contribution < 1.29 is 24.5 Å². The Bertz CT molecular complexity index is 785. The molecule has 0 aliphatic rings. The Morgan fingerprint density at radius 2 is 1.82 bits per heavy atom. The van der Waals surface area contributed by atoms with E-state index in [0.717, 1.165) is 18.4 Å². The van der Waals surface area contributed by atoms with Gasteiger partial charge in [0.25, 0.3) is 0 Å². The summed E-state index contributed by atoms with van der Waals surface area (Å²) in [5.74, 6) is -0.676. The molecule has 2 N–H and O–H groups in total. The number of allylic oxidation sites excluding steroid dienone is 3. The summed E-state index contributed by atoms with van der Waals surface area (Å²) in [4.78, 5) is 22.8. The molecule has 1 rings (SSSR count). The highest BCUT2D eigenvalue weighted by Gasteiger charge is 2.22. The van der Waals surface area contributed by atoms with Gasteiger partial charge >= 0.3 is 5.97 Å². The predicted molar refractivity (Wildman–Crippen MR) is 111 cm³/mol. The fraction of sp³-hybridized carbons (Fsp3) is 0.455. The third kappa shape index (κ3) is 6.41. The van der Waals surface area contributed by atoms with Crippen molar-refractivity contribution in [3.8, 4) is 11.5 Å². The standard InChI is InChI=1S/C22H29ClO5/c1-14(9-7-6-8-12-28-21(27)22(3,4)5)10-11-16-19(25)17(13-24)15(2)18(23)20(16)26/h6,8,10,13,25-26H,7,9,11-12H2,1-5H3/b8-6+,14-10+. The van der Waals surface area contributed by atoms with Crippen LogP contribution in [-0.2, 0) is 16.0 Å². The van der Waals surface area contributed by atoms with E-state index < -0.39 is 5.41 Å². The number of halogens is 1. The van der Waals surface area contributed by atoms with Crippen molar-refractivity contribution in [3.05, 3.63) is 45.5 Å². The van der Waals surface area contributed by atoms with Crippen LogP contribution < -0.4 is 0 Å². The number of hydrogen-bond donors (Lipinski definition) is 2. The Kier molecular flexibility index (Phi) is 8.76. The van der Waals surface area contributed by atoms with E-state index in [1.54, 1.807) is 6.92 Å². The molecule has 0 fully saturated rings. The minimum atomic E-state index is -0.507. The summed E-state index contributed by atoms with van der Waals surface area (Å²) in [5, 5.41) is 20.5. The molecule has 0 aliphatic heterocycles. The Balaban J connectivity index is 2.63. The first-order valence-electron chi connectivity index (χ1n) is 9.16. The maximum atomic E-state index is 11.6. The lowest BCUT2D eigenvalue weighted by atomic mass is 9.97. The Morgan fingerprint density at radius 1 is 1.18 bits per heavy atom. The number of carbonyl (C=O) groups is 2. The van der Waals surface area contributed by atoms with Crippen molar-refractivity contribution >= 4 is 23.9 Å². The first-order valence-corrected chi connectivity index (χ1v) is 9.54. The Labute approximate surface area is 171 Å². The van der Waals surface area contributed by atoms with E-state index in [2.05, 4.69) is 0 Å². The molecule has 0 saturated carbocycles. The van der Waals surface area contributed by atoms with Gasteiger partial charge in [0.1, 0.15) is 18.1 Å². The molecule has 0 atom stereocenters. The maximum Gasteiger partial charge on any atom is 0.311 e. The zero-order chi connectivity index (χ0) is 21.5. The highest BCUT2D eigenvalue weighted by molar-refractivity contribution is 6.33. The van der Waals surface area contributed by atoms with Crippen LogP contribution in [0.3, 0.4) is 0 Å². The molecular weight excluding hydrogens is 380 g/mol. The summed E-state index contributed by atoms with van der Waals surface area (Å²) in [6.07, 6.45) is 7.96. The van der Waals surface area contributed by atoms with Gasteiger partial charge in [0.05, 0.1) is 16.0 Å². The molecule has 6 heteroatoms. The zero-order valence-electron chi connectivity index (χ0n) is 17.1. The first-order chi connectivity index (χ1) is 13.0. The quantitative estimate of drug-likeness (QED) is 0.347. The van der Waals surface area contributed by atoms with E-state index >= 15 is 0 Å². The van der Waals surface area contributed by atoms with Gasteiger partial charge in [-0.15, -0.1) is 0 Å². The number of rotatable bonds is 8. The van der Waals surface area contributed by atoms with E-state index in [4.69, 9.17) is 16.3 Å². The molecule has 1 aromatic carbocycles. The monoisotopic (exact) mass is 408 g/mol. The molecule has 0 radical (unpaired) electrons. The second kappa shape index (κ2) is 10.3. The molecule has 0 aromatic heterocycles. The normalized spacial score (nSPS) is 12.4. The van der Waals surface area contributed by atoms with E-state index in [1.807, 2.05) is 45.9 Å². The molecule has 0 heterocycles. The molecule has 154 valence electrons. The van der Waals surface area contributed by atoms with Crippen LogP contribution in [-0.4, -0.2) is 29.1 Å². The molecular formula is C22H29ClO5. The van der Waals surface area contributed by atoms with Gasteiger partial charge in [-0.05, 0) is 59.4 Å². The number of hydrogen-bond acceptors (Lipinski definition) is 5. The number of phenolic OH excluding ortho intramolecular Hbond substituents is 2. The SMILES string of the molecule is C/C(=C\Cc1c(O)c(Cl)c(C)c(C=O)c1O)CC/C=C/COC(=O)C(C)(C)C. The van der Waals surface area contributed by atoms with Crippen LogP contribution in [0.2, 0.25) is 5.02 Å². The number of carbonyl (C=O) groups excluding carboxylic acids is 2. The summed E-state index contributed by atoms with van der Waals surface area (Å²) >= 11 is 6.05. The number of benzene rings is 1. The summed E-state index contributed by atoms with van der Waals surface area (Å²) in [7, 11) is 0. The number of esters is 1. The van der Waals surface area contributed by atoms with Crippen LogP contribution in [0.15, 0.2) is 23.8 Å². The fourth-order valence-electron chi connectivity index (χ4n) is 2.43. The van der Waals surface area contributed by atoms with E-state index in [1.165, 1.54) is 0 Å². The van der Waals surface area contributed by atoms with Crippen LogP contribution in [0.1, 0.15) is 62.0 Å². The van der Waals surface area contributed by atoms with Crippen LogP contribution in [0, 0.1) is 12.3 Å². The van der Waals surface area contributed by atoms with Crippen molar-refractivity contribution in [1.29, 1.82) is 0 Å². The van der Waals surface area contributed by atoms with Crippen LogP contribution in [0.25, 0.3) is 0 Å². The van der Waals surface area contributed by atoms with Gasteiger partial charge in [-0.1, -0.05) is 35.4 Å². The van der Waals surface area contributed by atoms with Crippen molar-refractivity contribution in [3.63, 3.8) is 0 Å². The van der Waals surface area contributed by atoms with Crippen molar-refractivity contribution in [2.45, 2.75) is 53.9 Å². The van der Waals surface area contributed by atoms with Crippen LogP contribution in [0.4, 0.5) is 0 Å². The summed E-state index contributed by atoms with van der Waals surface area (Å²) in [5.41, 5.74) is 1.23. The molecule has 0 spiro atoms. The molecule has 0 aliphatic carbocycles. The average molecular weight is 409 g/mol. The van der Waals surface area contributed by atoms with Crippen LogP contribution in [0.5, 0.6) is 11.5 Å². The molecule has 28 heavy (non-hydrogen) atoms. The zero-order valence-corrected chi connectivity index (χ0v) is 17.9. The van der Waals surface area contributed by atoms with Gasteiger partial charge in [0.2, 0.25) is 0 Å². The molecule has 5 nitrogen and oxygen atoms in total. The third-order valence-corrected chi connectivity index (χ3v) is 4.80. The molecule has 0 saturated heterocycles. The topological polar surface area (TPSA) is 83.8 Å². The van der Waals surface area contributed by atoms with E-state index in [-0.39, 0.29) is 46.6 Å². The fourth-order valence-corrected chi connectivity index (χ4v) is 2.65. The molecule has 0 bridgehead atoms. The lowest BCUT2D eigenvalue weighted by molar-refractivity contribution is -0.151. The van der Waals surface area contributed by atoms with E-state index in [9.17, 15) is 19.8 Å². The minimum absolute atomic E-state index is 0.0775. The maximum absolute atomic E-state index is 11.6. The number of ether oxygens (including phenoxy) is 1. The number of phenols is 2. The smallest absolute Gasteiger partial charge is 0.311 e. The van der Waals surface area contributed by atoms with Gasteiger partial charge in [-0.3, -0.25) is 9.59 Å². The summed E-state index contributed by atoms with van der Waals surface area (Å²) in [6, 6.07) is 0. The molecule has 1 aromatic rings. The lowest BCUT2D eigenvalue weighted by Gasteiger charge is -2.15. The summed E-state index contributed by atoms with van der Waals surface area (Å²) < 4.78 is 5.15. The molecule has 0 unspecified atom stereocenters. The minimum Gasteiger partial charge on any atom is -0.507 e. The van der Waals surface area contributed by atoms with Crippen LogP contribution >= 0.6 is 11.6 Å². The second-order valence-electron chi connectivity index (χ2n) is 7.76. The Hall–Kier alpha value is -2.27. The van der Waals surface area contributed by atoms with Gasteiger partial charge in [0.15, 0.2) is 6.29 Å². The predicted octanol–water partition coefficient (Wildman–Crippen LogP) is 5.29. The van der Waals surface area contributed by atoms with E-state index in [0.29, 0.717) is 11.8 Å². The van der Waals surface area contributed by atoms with Gasteiger partial charge in [-0.2, -0.15) is 0 Å². The number of aldehydes is 1. The summed E-state index contributed by atoms with van der Waals surface area (Å²) in [6.45, 7) is 9.18. The van der Waals surface area contributed by atoms with Gasteiger partial charge in [0, 0.05) is 5.56 Å². The molecule has 0 amide bonds. The number of aromatic hydroxyl groups is 2.